The molecule has 0 radical (unpaired) electrons. The molecular weight excluding hydrogens is 309 g/mol. The molecule has 1 aliphatic rings. The average Bonchev–Trinajstić information content (AvgIpc) is 3.24. The highest BCUT2D eigenvalue weighted by molar-refractivity contribution is 5.38. The van der Waals surface area contributed by atoms with Gasteiger partial charge in [0, 0.05) is 12.3 Å². The highest BCUT2D eigenvalue weighted by Crippen LogP contribution is 2.38. The third-order valence-electron chi connectivity index (χ3n) is 3.85. The maximum Gasteiger partial charge on any atom is 0.416 e. The Kier molecular flexibility index (Phi) is 4.11. The van der Waals surface area contributed by atoms with Gasteiger partial charge in [-0.15, -0.1) is 0 Å². The Morgan fingerprint density at radius 3 is 2.57 bits per heavy atom. The van der Waals surface area contributed by atoms with Crippen LogP contribution in [0.1, 0.15) is 47.5 Å². The lowest BCUT2D eigenvalue weighted by molar-refractivity contribution is -0.137. The normalized spacial score (nSPS) is 16.1. The Bertz CT molecular complexity index is 675. The molecule has 122 valence electrons. The summed E-state index contributed by atoms with van der Waals surface area (Å²) in [6, 6.07) is 4.83. The van der Waals surface area contributed by atoms with E-state index in [1.807, 2.05) is 0 Å². The fraction of sp³-hybridized carbons (Fsp3) is 0.375. The van der Waals surface area contributed by atoms with Gasteiger partial charge >= 0.3 is 6.18 Å². The summed E-state index contributed by atoms with van der Waals surface area (Å²) >= 11 is 0. The minimum Gasteiger partial charge on any atom is -0.458 e. The first kappa shape index (κ1) is 15.6. The van der Waals surface area contributed by atoms with E-state index >= 15 is 0 Å². The summed E-state index contributed by atoms with van der Waals surface area (Å²) in [5.74, 6) is 1.30. The maximum absolute atomic E-state index is 12.6. The number of benzene rings is 1. The zero-order valence-electron chi connectivity index (χ0n) is 12.1. The number of ether oxygens (including phenoxy) is 1. The number of aromatic nitrogens is 2. The predicted molar refractivity (Wildman–Crippen MR) is 75.6 cm³/mol. The number of nitrogens with zero attached hydrogens (tertiary/aromatic N) is 1. The third kappa shape index (κ3) is 3.72. The van der Waals surface area contributed by atoms with Gasteiger partial charge in [0.1, 0.15) is 11.9 Å². The van der Waals surface area contributed by atoms with Gasteiger partial charge in [-0.3, -0.25) is 4.79 Å². The van der Waals surface area contributed by atoms with Crippen molar-refractivity contribution in [3.8, 4) is 0 Å². The Balaban J connectivity index is 1.74. The number of hydrogen-bond acceptors (Lipinski definition) is 3. The van der Waals surface area contributed by atoms with Crippen LogP contribution in [-0.2, 0) is 22.1 Å². The molecule has 4 nitrogen and oxygen atoms in total. The van der Waals surface area contributed by atoms with Crippen LogP contribution >= 0.6 is 0 Å². The fourth-order valence-electron chi connectivity index (χ4n) is 2.42. The van der Waals surface area contributed by atoms with Crippen LogP contribution in [0.25, 0.3) is 0 Å². The summed E-state index contributed by atoms with van der Waals surface area (Å²) in [5, 5.41) is 0. The van der Waals surface area contributed by atoms with E-state index in [-0.39, 0.29) is 6.42 Å². The van der Waals surface area contributed by atoms with Crippen LogP contribution in [0.4, 0.5) is 13.2 Å². The second-order valence-corrected chi connectivity index (χ2v) is 5.62. The Morgan fingerprint density at radius 1 is 1.30 bits per heavy atom. The van der Waals surface area contributed by atoms with Crippen molar-refractivity contribution in [3.05, 3.63) is 53.1 Å². The predicted octanol–water partition coefficient (Wildman–Crippen LogP) is 3.76. The first-order valence-electron chi connectivity index (χ1n) is 7.27. The summed E-state index contributed by atoms with van der Waals surface area (Å²) < 4.78 is 42.8. The molecule has 1 N–H and O–H groups in total. The topological polar surface area (TPSA) is 55.0 Å². The number of nitrogens with one attached hydrogen (secondary N) is 1. The van der Waals surface area contributed by atoms with Crippen molar-refractivity contribution in [2.75, 3.05) is 0 Å². The van der Waals surface area contributed by atoms with Crippen molar-refractivity contribution in [2.24, 2.45) is 0 Å². The van der Waals surface area contributed by atoms with E-state index in [1.54, 1.807) is 6.20 Å². The largest absolute Gasteiger partial charge is 0.458 e. The van der Waals surface area contributed by atoms with Gasteiger partial charge in [-0.05, 0) is 30.5 Å². The number of halogens is 3. The van der Waals surface area contributed by atoms with E-state index in [9.17, 15) is 18.0 Å². The second-order valence-electron chi connectivity index (χ2n) is 5.62. The van der Waals surface area contributed by atoms with Gasteiger partial charge < -0.3 is 9.72 Å². The van der Waals surface area contributed by atoms with Gasteiger partial charge in [-0.1, -0.05) is 12.1 Å². The highest BCUT2D eigenvalue weighted by Gasteiger charge is 2.30. The summed E-state index contributed by atoms with van der Waals surface area (Å²) in [4.78, 5) is 18.1. The van der Waals surface area contributed by atoms with Crippen molar-refractivity contribution in [1.29, 1.82) is 0 Å². The summed E-state index contributed by atoms with van der Waals surface area (Å²) in [7, 11) is 0. The maximum atomic E-state index is 12.6. The molecule has 1 unspecified atom stereocenters. The van der Waals surface area contributed by atoms with Crippen LogP contribution in [0.3, 0.4) is 0 Å². The molecular formula is C16H15F3N2O2. The van der Waals surface area contributed by atoms with Gasteiger partial charge in [0.15, 0.2) is 0 Å². The molecule has 1 atom stereocenters. The lowest BCUT2D eigenvalue weighted by Crippen LogP contribution is -2.09. The Hall–Kier alpha value is -2.31. The molecule has 1 aromatic heterocycles. The molecule has 0 bridgehead atoms. The van der Waals surface area contributed by atoms with Gasteiger partial charge in [-0.25, -0.2) is 4.98 Å². The minimum atomic E-state index is -4.36. The molecule has 1 heterocycles. The number of carbonyl (C=O) groups is 1. The quantitative estimate of drug-likeness (QED) is 0.823. The van der Waals surface area contributed by atoms with Crippen molar-refractivity contribution in [3.63, 3.8) is 0 Å². The minimum absolute atomic E-state index is 0.281. The molecule has 2 aromatic rings. The number of alkyl halides is 3. The highest BCUT2D eigenvalue weighted by atomic mass is 19.4. The van der Waals surface area contributed by atoms with E-state index in [0.29, 0.717) is 23.6 Å². The smallest absolute Gasteiger partial charge is 0.416 e. The monoisotopic (exact) mass is 324 g/mol. The molecule has 1 aromatic carbocycles. The van der Waals surface area contributed by atoms with Gasteiger partial charge in [0.05, 0.1) is 17.5 Å². The summed E-state index contributed by atoms with van der Waals surface area (Å²) in [5.41, 5.74) is 0.595. The fourth-order valence-corrected chi connectivity index (χ4v) is 2.42. The number of H-pyrrole nitrogens is 1. The molecule has 23 heavy (non-hydrogen) atoms. The first-order chi connectivity index (χ1) is 11.0. The average molecular weight is 324 g/mol. The summed E-state index contributed by atoms with van der Waals surface area (Å²) in [6.45, 7) is 0.340. The van der Waals surface area contributed by atoms with E-state index in [4.69, 9.17) is 4.74 Å². The molecule has 0 aliphatic heterocycles. The van der Waals surface area contributed by atoms with Crippen LogP contribution in [0.2, 0.25) is 0 Å². The van der Waals surface area contributed by atoms with Crippen LogP contribution in [-0.4, -0.2) is 16.4 Å². The van der Waals surface area contributed by atoms with Gasteiger partial charge in [0.25, 0.3) is 6.47 Å². The molecule has 3 rings (SSSR count). The Morgan fingerprint density at radius 2 is 2.00 bits per heavy atom. The Labute approximate surface area is 130 Å². The molecule has 0 amide bonds. The van der Waals surface area contributed by atoms with Crippen molar-refractivity contribution in [2.45, 2.75) is 37.5 Å². The van der Waals surface area contributed by atoms with Crippen LogP contribution < -0.4 is 0 Å². The lowest BCUT2D eigenvalue weighted by Gasteiger charge is -2.14. The summed E-state index contributed by atoms with van der Waals surface area (Å²) in [6.07, 6.45) is -0.880. The zero-order chi connectivity index (χ0) is 16.4. The van der Waals surface area contributed by atoms with Crippen molar-refractivity contribution >= 4 is 6.47 Å². The van der Waals surface area contributed by atoms with Crippen LogP contribution in [0, 0.1) is 0 Å². The van der Waals surface area contributed by atoms with E-state index in [2.05, 4.69) is 9.97 Å². The number of hydrogen-bond donors (Lipinski definition) is 1. The van der Waals surface area contributed by atoms with Crippen LogP contribution in [0.15, 0.2) is 30.5 Å². The molecule has 0 saturated heterocycles. The van der Waals surface area contributed by atoms with Gasteiger partial charge in [-0.2, -0.15) is 13.2 Å². The number of aromatic amines is 1. The van der Waals surface area contributed by atoms with E-state index in [0.717, 1.165) is 30.8 Å². The van der Waals surface area contributed by atoms with E-state index < -0.39 is 17.8 Å². The van der Waals surface area contributed by atoms with E-state index in [1.165, 1.54) is 12.1 Å². The standard InChI is InChI=1S/C16H15F3N2O2/c17-16(18,19)12-5-1-10(2-6-12)7-14(23-9-22)13-8-20-15(21-13)11-3-4-11/h1-2,5-6,8-9,11,14H,3-4,7H2,(H,20,21). The second kappa shape index (κ2) is 6.06. The van der Waals surface area contributed by atoms with Gasteiger partial charge in [0.2, 0.25) is 0 Å². The zero-order valence-corrected chi connectivity index (χ0v) is 12.1. The molecule has 1 saturated carbocycles. The SMILES string of the molecule is O=COC(Cc1ccc(C(F)(F)F)cc1)c1cnc(C2CC2)[nH]1. The number of rotatable bonds is 6. The lowest BCUT2D eigenvalue weighted by atomic mass is 10.0. The third-order valence-corrected chi connectivity index (χ3v) is 3.85. The number of imidazole rings is 1. The molecule has 7 heteroatoms. The molecule has 0 spiro atoms. The first-order valence-corrected chi connectivity index (χ1v) is 7.27. The molecule has 1 aliphatic carbocycles. The number of carbonyl (C=O) groups excluding carboxylic acids is 1. The molecule has 1 fully saturated rings. The van der Waals surface area contributed by atoms with Crippen LogP contribution in [0.5, 0.6) is 0 Å². The van der Waals surface area contributed by atoms with Crippen molar-refractivity contribution in [1.82, 2.24) is 9.97 Å². The van der Waals surface area contributed by atoms with Crippen molar-refractivity contribution < 1.29 is 22.7 Å².